The minimum absolute atomic E-state index is 0.0826. The number of carbonyl (C=O) groups is 1. The number of nitriles is 1. The lowest BCUT2D eigenvalue weighted by Crippen LogP contribution is -1.97. The molecule has 0 aliphatic rings. The van der Waals surface area contributed by atoms with Gasteiger partial charge < -0.3 is 4.74 Å². The number of benzene rings is 2. The molecule has 0 saturated carbocycles. The van der Waals surface area contributed by atoms with Gasteiger partial charge in [0.1, 0.15) is 5.75 Å². The number of hydrogen-bond acceptors (Lipinski definition) is 3. The first-order chi connectivity index (χ1) is 12.2. The maximum absolute atomic E-state index is 12.1. The molecule has 3 heteroatoms. The smallest absolute Gasteiger partial charge is 0.185 e. The molecule has 128 valence electrons. The molecule has 0 radical (unpaired) electrons. The van der Waals surface area contributed by atoms with E-state index in [1.807, 2.05) is 30.3 Å². The van der Waals surface area contributed by atoms with Crippen LogP contribution in [0.4, 0.5) is 0 Å². The normalized spacial score (nSPS) is 10.6. The highest BCUT2D eigenvalue weighted by atomic mass is 16.5. The summed E-state index contributed by atoms with van der Waals surface area (Å²) in [5.41, 5.74) is 2.06. The van der Waals surface area contributed by atoms with Gasteiger partial charge in [-0.3, -0.25) is 4.79 Å². The second kappa shape index (κ2) is 10.1. The number of nitrogens with zero attached hydrogens (tertiary/aromatic N) is 1. The Kier molecular flexibility index (Phi) is 7.46. The Bertz CT molecular complexity index is 737. The Labute approximate surface area is 149 Å². The van der Waals surface area contributed by atoms with Crippen LogP contribution in [0.3, 0.4) is 0 Å². The monoisotopic (exact) mass is 333 g/mol. The average molecular weight is 333 g/mol. The Morgan fingerprint density at radius 2 is 1.76 bits per heavy atom. The van der Waals surface area contributed by atoms with Crippen molar-refractivity contribution in [2.75, 3.05) is 6.61 Å². The van der Waals surface area contributed by atoms with Gasteiger partial charge in [-0.1, -0.05) is 44.4 Å². The average Bonchev–Trinajstić information content (AvgIpc) is 2.67. The topological polar surface area (TPSA) is 50.1 Å². The molecule has 0 aromatic heterocycles. The predicted octanol–water partition coefficient (Wildman–Crippen LogP) is 5.41. The molecule has 0 aliphatic carbocycles. The van der Waals surface area contributed by atoms with Crippen LogP contribution in [0.25, 0.3) is 6.08 Å². The molecule has 2 aromatic rings. The number of rotatable bonds is 9. The van der Waals surface area contributed by atoms with Crippen LogP contribution in [-0.2, 0) is 0 Å². The van der Waals surface area contributed by atoms with E-state index in [0.29, 0.717) is 11.1 Å². The summed E-state index contributed by atoms with van der Waals surface area (Å²) >= 11 is 0. The van der Waals surface area contributed by atoms with Gasteiger partial charge in [0.15, 0.2) is 5.78 Å². The standard InChI is InChI=1S/C22H23NO2/c1-2-3-4-5-16-25-21-13-8-18(9-14-21)10-15-22(24)20-11-6-19(17-23)7-12-20/h6-15H,2-5,16H2,1H3/b15-10+. The second-order valence-corrected chi connectivity index (χ2v) is 5.86. The third kappa shape index (κ3) is 6.27. The van der Waals surface area contributed by atoms with Crippen LogP contribution in [0, 0.1) is 11.3 Å². The molecule has 2 rings (SSSR count). The fourth-order valence-corrected chi connectivity index (χ4v) is 2.37. The van der Waals surface area contributed by atoms with Crippen molar-refractivity contribution in [3.05, 3.63) is 71.3 Å². The Hall–Kier alpha value is -2.86. The Balaban J connectivity index is 1.86. The van der Waals surface area contributed by atoms with Crippen LogP contribution in [0.1, 0.15) is 54.1 Å². The Morgan fingerprint density at radius 1 is 1.04 bits per heavy atom. The van der Waals surface area contributed by atoms with Gasteiger partial charge in [-0.2, -0.15) is 5.26 Å². The van der Waals surface area contributed by atoms with E-state index in [9.17, 15) is 4.79 Å². The molecule has 0 heterocycles. The quantitative estimate of drug-likeness (QED) is 0.350. The molecule has 0 amide bonds. The van der Waals surface area contributed by atoms with E-state index in [4.69, 9.17) is 10.00 Å². The third-order valence-electron chi connectivity index (χ3n) is 3.87. The second-order valence-electron chi connectivity index (χ2n) is 5.86. The fraction of sp³-hybridized carbons (Fsp3) is 0.273. The highest BCUT2D eigenvalue weighted by Gasteiger charge is 2.01. The van der Waals surface area contributed by atoms with Crippen molar-refractivity contribution in [1.29, 1.82) is 5.26 Å². The number of ketones is 1. The van der Waals surface area contributed by atoms with E-state index < -0.39 is 0 Å². The maximum atomic E-state index is 12.1. The first-order valence-corrected chi connectivity index (χ1v) is 8.68. The van der Waals surface area contributed by atoms with E-state index in [0.717, 1.165) is 24.3 Å². The summed E-state index contributed by atoms with van der Waals surface area (Å²) in [5.74, 6) is 0.771. The first kappa shape index (κ1) is 18.5. The maximum Gasteiger partial charge on any atom is 0.185 e. The molecule has 2 aromatic carbocycles. The molecular weight excluding hydrogens is 310 g/mol. The molecule has 3 nitrogen and oxygen atoms in total. The van der Waals surface area contributed by atoms with Gasteiger partial charge in [-0.25, -0.2) is 0 Å². The van der Waals surface area contributed by atoms with Gasteiger partial charge in [0, 0.05) is 5.56 Å². The summed E-state index contributed by atoms with van der Waals surface area (Å²) in [6.45, 7) is 2.94. The molecule has 0 bridgehead atoms. The van der Waals surface area contributed by atoms with E-state index in [1.165, 1.54) is 19.3 Å². The van der Waals surface area contributed by atoms with Crippen LogP contribution < -0.4 is 4.74 Å². The van der Waals surface area contributed by atoms with Gasteiger partial charge in [0.2, 0.25) is 0 Å². The van der Waals surface area contributed by atoms with Crippen molar-refractivity contribution in [2.24, 2.45) is 0 Å². The largest absolute Gasteiger partial charge is 0.494 e. The molecule has 0 aliphatic heterocycles. The lowest BCUT2D eigenvalue weighted by Gasteiger charge is -2.06. The highest BCUT2D eigenvalue weighted by molar-refractivity contribution is 6.06. The molecule has 0 spiro atoms. The van der Waals surface area contributed by atoms with Gasteiger partial charge in [-0.15, -0.1) is 0 Å². The zero-order chi connectivity index (χ0) is 17.9. The zero-order valence-corrected chi connectivity index (χ0v) is 14.6. The lowest BCUT2D eigenvalue weighted by atomic mass is 10.1. The van der Waals surface area contributed by atoms with Crippen LogP contribution in [0.15, 0.2) is 54.6 Å². The summed E-state index contributed by atoms with van der Waals surface area (Å²) in [4.78, 5) is 12.1. The highest BCUT2D eigenvalue weighted by Crippen LogP contribution is 2.14. The molecule has 0 N–H and O–H groups in total. The molecule has 25 heavy (non-hydrogen) atoms. The molecule has 0 fully saturated rings. The minimum Gasteiger partial charge on any atom is -0.494 e. The molecule has 0 unspecified atom stereocenters. The molecule has 0 saturated heterocycles. The van der Waals surface area contributed by atoms with Crippen LogP contribution in [0.2, 0.25) is 0 Å². The van der Waals surface area contributed by atoms with E-state index in [1.54, 1.807) is 36.4 Å². The van der Waals surface area contributed by atoms with Gasteiger partial charge in [-0.05, 0) is 54.5 Å². The van der Waals surface area contributed by atoms with Gasteiger partial charge in [0.05, 0.1) is 18.2 Å². The zero-order valence-electron chi connectivity index (χ0n) is 14.6. The molecular formula is C22H23NO2. The number of hydrogen-bond donors (Lipinski definition) is 0. The van der Waals surface area contributed by atoms with E-state index in [2.05, 4.69) is 6.92 Å². The van der Waals surface area contributed by atoms with Crippen molar-refractivity contribution in [1.82, 2.24) is 0 Å². The summed E-state index contributed by atoms with van der Waals surface area (Å²) in [6, 6.07) is 16.4. The first-order valence-electron chi connectivity index (χ1n) is 8.68. The van der Waals surface area contributed by atoms with Crippen molar-refractivity contribution in [3.63, 3.8) is 0 Å². The van der Waals surface area contributed by atoms with E-state index >= 15 is 0 Å². The van der Waals surface area contributed by atoms with Crippen molar-refractivity contribution in [3.8, 4) is 11.8 Å². The lowest BCUT2D eigenvalue weighted by molar-refractivity contribution is 0.104. The van der Waals surface area contributed by atoms with Crippen molar-refractivity contribution in [2.45, 2.75) is 32.6 Å². The molecule has 0 atom stereocenters. The summed E-state index contributed by atoms with van der Waals surface area (Å²) in [6.07, 6.45) is 8.08. The van der Waals surface area contributed by atoms with Crippen molar-refractivity contribution >= 4 is 11.9 Å². The van der Waals surface area contributed by atoms with Crippen LogP contribution in [-0.4, -0.2) is 12.4 Å². The number of ether oxygens (including phenoxy) is 1. The minimum atomic E-state index is -0.0826. The SMILES string of the molecule is CCCCCCOc1ccc(/C=C/C(=O)c2ccc(C#N)cc2)cc1. The van der Waals surface area contributed by atoms with E-state index in [-0.39, 0.29) is 5.78 Å². The predicted molar refractivity (Wildman–Crippen MR) is 101 cm³/mol. The number of carbonyl (C=O) groups excluding carboxylic acids is 1. The van der Waals surface area contributed by atoms with Crippen LogP contribution >= 0.6 is 0 Å². The third-order valence-corrected chi connectivity index (χ3v) is 3.87. The summed E-state index contributed by atoms with van der Waals surface area (Å²) in [7, 11) is 0. The van der Waals surface area contributed by atoms with Gasteiger partial charge in [0.25, 0.3) is 0 Å². The fourth-order valence-electron chi connectivity index (χ4n) is 2.37. The summed E-state index contributed by atoms with van der Waals surface area (Å²) < 4.78 is 5.71. The van der Waals surface area contributed by atoms with Crippen molar-refractivity contribution < 1.29 is 9.53 Å². The number of unbranched alkanes of at least 4 members (excludes halogenated alkanes) is 3. The summed E-state index contributed by atoms with van der Waals surface area (Å²) in [5, 5.41) is 8.77. The van der Waals surface area contributed by atoms with Crippen LogP contribution in [0.5, 0.6) is 5.75 Å². The number of allylic oxidation sites excluding steroid dienone is 1. The Morgan fingerprint density at radius 3 is 2.40 bits per heavy atom. The van der Waals surface area contributed by atoms with Gasteiger partial charge >= 0.3 is 0 Å².